The molecular weight excluding hydrogens is 358 g/mol. The molecule has 0 saturated heterocycles. The van der Waals surface area contributed by atoms with Crippen LogP contribution < -0.4 is 0 Å². The van der Waals surface area contributed by atoms with Crippen LogP contribution in [0.1, 0.15) is 42.5 Å². The number of benzene rings is 2. The first-order chi connectivity index (χ1) is 12.4. The molecule has 6 heteroatoms. The van der Waals surface area contributed by atoms with Crippen molar-refractivity contribution >= 4 is 0 Å². The highest BCUT2D eigenvalue weighted by molar-refractivity contribution is 5.39. The van der Waals surface area contributed by atoms with Crippen LogP contribution >= 0.6 is 0 Å². The molecule has 1 N–H and O–H groups in total. The van der Waals surface area contributed by atoms with Gasteiger partial charge in [0.1, 0.15) is 5.82 Å². The third kappa shape index (κ3) is 4.48. The predicted molar refractivity (Wildman–Crippen MR) is 94.6 cm³/mol. The van der Waals surface area contributed by atoms with Gasteiger partial charge in [-0.05, 0) is 53.6 Å². The van der Waals surface area contributed by atoms with Crippen LogP contribution in [0.15, 0.2) is 42.5 Å². The van der Waals surface area contributed by atoms with Crippen LogP contribution in [0.2, 0.25) is 0 Å². The van der Waals surface area contributed by atoms with E-state index in [9.17, 15) is 22.7 Å². The Balaban J connectivity index is 2.47. The zero-order valence-corrected chi connectivity index (χ0v) is 15.4. The third-order valence-electron chi connectivity index (χ3n) is 4.81. The molecule has 0 aliphatic rings. The number of halogens is 4. The minimum absolute atomic E-state index is 0.0833. The van der Waals surface area contributed by atoms with E-state index < -0.39 is 35.9 Å². The SMILES string of the molecule is Cc1ccc(F)cc1C(C)(C)CC(O)(Cc1ccccc1C#N)C(F)(F)F. The fraction of sp³-hybridized carbons (Fsp3) is 0.381. The minimum atomic E-state index is -4.92. The quantitative estimate of drug-likeness (QED) is 0.725. The van der Waals surface area contributed by atoms with Crippen molar-refractivity contribution in [3.8, 4) is 6.07 Å². The lowest BCUT2D eigenvalue weighted by Crippen LogP contribution is -2.51. The van der Waals surface area contributed by atoms with Gasteiger partial charge in [-0.3, -0.25) is 0 Å². The van der Waals surface area contributed by atoms with Crippen molar-refractivity contribution < 1.29 is 22.7 Å². The number of hydrogen-bond acceptors (Lipinski definition) is 2. The monoisotopic (exact) mass is 379 g/mol. The Morgan fingerprint density at radius 3 is 2.30 bits per heavy atom. The fourth-order valence-electron chi connectivity index (χ4n) is 3.51. The van der Waals surface area contributed by atoms with E-state index in [4.69, 9.17) is 5.26 Å². The molecule has 1 atom stereocenters. The minimum Gasteiger partial charge on any atom is -0.380 e. The second kappa shape index (κ2) is 7.32. The molecule has 2 aromatic carbocycles. The van der Waals surface area contributed by atoms with E-state index >= 15 is 0 Å². The smallest absolute Gasteiger partial charge is 0.380 e. The van der Waals surface area contributed by atoms with E-state index in [0.29, 0.717) is 11.1 Å². The molecule has 27 heavy (non-hydrogen) atoms. The third-order valence-corrected chi connectivity index (χ3v) is 4.81. The van der Waals surface area contributed by atoms with Crippen LogP contribution in [-0.4, -0.2) is 16.9 Å². The molecule has 0 radical (unpaired) electrons. The van der Waals surface area contributed by atoms with Gasteiger partial charge in [-0.1, -0.05) is 38.1 Å². The Hall–Kier alpha value is -2.39. The Morgan fingerprint density at radius 1 is 1.07 bits per heavy atom. The van der Waals surface area contributed by atoms with Crippen molar-refractivity contribution in [1.29, 1.82) is 5.26 Å². The fourth-order valence-corrected chi connectivity index (χ4v) is 3.51. The Bertz CT molecular complexity index is 867. The largest absolute Gasteiger partial charge is 0.417 e. The number of aliphatic hydroxyl groups is 1. The lowest BCUT2D eigenvalue weighted by atomic mass is 9.71. The summed E-state index contributed by atoms with van der Waals surface area (Å²) in [6.07, 6.45) is -6.35. The summed E-state index contributed by atoms with van der Waals surface area (Å²) in [5, 5.41) is 19.8. The first-order valence-electron chi connectivity index (χ1n) is 8.43. The van der Waals surface area contributed by atoms with Gasteiger partial charge in [-0.15, -0.1) is 0 Å². The van der Waals surface area contributed by atoms with E-state index in [1.54, 1.807) is 26.8 Å². The van der Waals surface area contributed by atoms with Crippen molar-refractivity contribution in [1.82, 2.24) is 0 Å². The van der Waals surface area contributed by atoms with Crippen LogP contribution in [0.4, 0.5) is 17.6 Å². The van der Waals surface area contributed by atoms with Crippen molar-refractivity contribution in [2.75, 3.05) is 0 Å². The number of alkyl halides is 3. The molecule has 0 bridgehead atoms. The summed E-state index contributed by atoms with van der Waals surface area (Å²) in [6.45, 7) is 4.78. The maximum Gasteiger partial charge on any atom is 0.417 e. The predicted octanol–water partition coefficient (Wildman–Crippen LogP) is 5.21. The van der Waals surface area contributed by atoms with Crippen molar-refractivity contribution in [3.63, 3.8) is 0 Å². The number of nitrogens with zero attached hydrogens (tertiary/aromatic N) is 1. The lowest BCUT2D eigenvalue weighted by Gasteiger charge is -2.38. The van der Waals surface area contributed by atoms with Gasteiger partial charge < -0.3 is 5.11 Å². The molecular formula is C21H21F4NO. The van der Waals surface area contributed by atoms with Gasteiger partial charge in [0.2, 0.25) is 0 Å². The Kier molecular flexibility index (Phi) is 5.67. The molecule has 0 aromatic heterocycles. The molecule has 0 amide bonds. The number of aryl methyl sites for hydroxylation is 1. The second-order valence-corrected chi connectivity index (χ2v) is 7.49. The van der Waals surface area contributed by atoms with Crippen LogP contribution in [0.5, 0.6) is 0 Å². The zero-order chi connectivity index (χ0) is 20.5. The highest BCUT2D eigenvalue weighted by Crippen LogP contribution is 2.44. The van der Waals surface area contributed by atoms with Gasteiger partial charge in [-0.2, -0.15) is 18.4 Å². The van der Waals surface area contributed by atoms with Crippen molar-refractivity contribution in [2.24, 2.45) is 0 Å². The van der Waals surface area contributed by atoms with E-state index in [0.717, 1.165) is 0 Å². The first kappa shape index (κ1) is 20.9. The summed E-state index contributed by atoms with van der Waals surface area (Å²) in [7, 11) is 0. The molecule has 2 aromatic rings. The number of nitriles is 1. The van der Waals surface area contributed by atoms with Gasteiger partial charge in [0, 0.05) is 6.42 Å². The molecule has 144 valence electrons. The summed E-state index contributed by atoms with van der Waals surface area (Å²) in [4.78, 5) is 0. The second-order valence-electron chi connectivity index (χ2n) is 7.49. The van der Waals surface area contributed by atoms with E-state index in [2.05, 4.69) is 0 Å². The molecule has 0 fully saturated rings. The highest BCUT2D eigenvalue weighted by Gasteiger charge is 2.56. The maximum absolute atomic E-state index is 13.8. The molecule has 0 spiro atoms. The van der Waals surface area contributed by atoms with Crippen LogP contribution in [0.25, 0.3) is 0 Å². The molecule has 0 aliphatic heterocycles. The number of hydrogen-bond donors (Lipinski definition) is 1. The summed E-state index contributed by atoms with van der Waals surface area (Å²) in [5.41, 5.74) is -2.98. The summed E-state index contributed by atoms with van der Waals surface area (Å²) in [6, 6.07) is 11.7. The topological polar surface area (TPSA) is 44.0 Å². The van der Waals surface area contributed by atoms with Gasteiger partial charge in [0.05, 0.1) is 11.6 Å². The number of rotatable bonds is 5. The van der Waals surface area contributed by atoms with Crippen LogP contribution in [-0.2, 0) is 11.8 Å². The molecule has 0 heterocycles. The Morgan fingerprint density at radius 2 is 1.70 bits per heavy atom. The highest BCUT2D eigenvalue weighted by atomic mass is 19.4. The van der Waals surface area contributed by atoms with Gasteiger partial charge in [-0.25, -0.2) is 4.39 Å². The lowest BCUT2D eigenvalue weighted by molar-refractivity contribution is -0.266. The van der Waals surface area contributed by atoms with Gasteiger partial charge >= 0.3 is 6.18 Å². The van der Waals surface area contributed by atoms with E-state index in [1.807, 2.05) is 6.07 Å². The van der Waals surface area contributed by atoms with Crippen molar-refractivity contribution in [3.05, 3.63) is 70.5 Å². The summed E-state index contributed by atoms with van der Waals surface area (Å²) >= 11 is 0. The standard InChI is InChI=1S/C21H21F4NO/c1-14-8-9-17(22)10-18(14)19(2,3)13-20(27,21(23,24)25)11-15-6-4-5-7-16(15)12-26/h4-10,27H,11,13H2,1-3H3. The van der Waals surface area contributed by atoms with E-state index in [1.165, 1.54) is 36.4 Å². The van der Waals surface area contributed by atoms with Crippen molar-refractivity contribution in [2.45, 2.75) is 50.8 Å². The normalized spacial score (nSPS) is 14.5. The molecule has 2 rings (SSSR count). The molecule has 0 aliphatic carbocycles. The van der Waals surface area contributed by atoms with Crippen LogP contribution in [0.3, 0.4) is 0 Å². The maximum atomic E-state index is 13.8. The molecule has 1 unspecified atom stereocenters. The summed E-state index contributed by atoms with van der Waals surface area (Å²) in [5.74, 6) is -0.547. The van der Waals surface area contributed by atoms with Crippen LogP contribution in [0, 0.1) is 24.1 Å². The Labute approximate surface area is 156 Å². The average molecular weight is 379 g/mol. The van der Waals surface area contributed by atoms with Gasteiger partial charge in [0.15, 0.2) is 5.60 Å². The molecule has 0 saturated carbocycles. The zero-order valence-electron chi connectivity index (χ0n) is 15.4. The average Bonchev–Trinajstić information content (AvgIpc) is 2.56. The first-order valence-corrected chi connectivity index (χ1v) is 8.43. The van der Waals surface area contributed by atoms with Gasteiger partial charge in [0.25, 0.3) is 0 Å². The summed E-state index contributed by atoms with van der Waals surface area (Å²) < 4.78 is 55.2. The molecule has 2 nitrogen and oxygen atoms in total. The van der Waals surface area contributed by atoms with E-state index in [-0.39, 0.29) is 11.1 Å².